The lowest BCUT2D eigenvalue weighted by molar-refractivity contribution is 0.162. The summed E-state index contributed by atoms with van der Waals surface area (Å²) in [6.45, 7) is 7.81. The molecule has 4 aromatic rings. The van der Waals surface area contributed by atoms with E-state index in [1.165, 1.54) is 18.2 Å². The van der Waals surface area contributed by atoms with Gasteiger partial charge in [-0.05, 0) is 68.7 Å². The van der Waals surface area contributed by atoms with E-state index in [1.54, 1.807) is 12.1 Å². The predicted octanol–water partition coefficient (Wildman–Crippen LogP) is 4.72. The van der Waals surface area contributed by atoms with Crippen molar-refractivity contribution in [1.82, 2.24) is 14.7 Å². The lowest BCUT2D eigenvalue weighted by Crippen LogP contribution is -2.29. The molecule has 2 aromatic carbocycles. The van der Waals surface area contributed by atoms with E-state index in [0.29, 0.717) is 11.4 Å². The number of aryl methyl sites for hydroxylation is 4. The number of rotatable bonds is 7. The van der Waals surface area contributed by atoms with E-state index in [1.807, 2.05) is 64.1 Å². The van der Waals surface area contributed by atoms with E-state index < -0.39 is 16.3 Å². The molecule has 8 nitrogen and oxygen atoms in total. The number of benzene rings is 2. The summed E-state index contributed by atoms with van der Waals surface area (Å²) in [7, 11) is -4.19. The molecular weight excluding hydrogens is 476 g/mol. The predicted molar refractivity (Wildman–Crippen MR) is 139 cm³/mol. The molecule has 1 atom stereocenters. The number of nitrogens with zero attached hydrogens (tertiary/aromatic N) is 2. The van der Waals surface area contributed by atoms with Crippen molar-refractivity contribution in [2.45, 2.75) is 38.9 Å². The maximum Gasteiger partial charge on any atom is 0.260 e. The number of anilines is 1. The Bertz CT molecular complexity index is 1510. The van der Waals surface area contributed by atoms with Crippen molar-refractivity contribution in [3.05, 3.63) is 94.5 Å². The standard InChI is InChI=1S/C27H28N4O4S/c1-16-14-18(3)25(19(4)15-16)35-27-21(12-13-22(29-27)20-9-6-5-8-17(20)2)26(32)31-36(33,34)24-11-7-10-23(28)30-24/h5-15,26,31-32H,1-4H3,(H2,28,30). The summed E-state index contributed by atoms with van der Waals surface area (Å²) in [5.74, 6) is 0.719. The molecule has 0 radical (unpaired) electrons. The summed E-state index contributed by atoms with van der Waals surface area (Å²) in [6.07, 6.45) is -1.65. The highest BCUT2D eigenvalue weighted by Gasteiger charge is 2.25. The fourth-order valence-electron chi connectivity index (χ4n) is 4.03. The summed E-state index contributed by atoms with van der Waals surface area (Å²) in [5.41, 5.74) is 11.2. The minimum atomic E-state index is -4.19. The second-order valence-corrected chi connectivity index (χ2v) is 10.3. The number of ether oxygens (including phenoxy) is 1. The molecule has 0 saturated carbocycles. The van der Waals surface area contributed by atoms with Gasteiger partial charge in [0.2, 0.25) is 5.88 Å². The number of sulfonamides is 1. The van der Waals surface area contributed by atoms with Crippen LogP contribution in [-0.2, 0) is 10.0 Å². The number of nitrogen functional groups attached to an aromatic ring is 1. The first-order chi connectivity index (χ1) is 17.0. The van der Waals surface area contributed by atoms with Gasteiger partial charge < -0.3 is 15.6 Å². The lowest BCUT2D eigenvalue weighted by Gasteiger charge is -2.19. The molecule has 1 unspecified atom stereocenters. The summed E-state index contributed by atoms with van der Waals surface area (Å²) in [5, 5.41) is 10.7. The first kappa shape index (κ1) is 25.3. The average molecular weight is 505 g/mol. The van der Waals surface area contributed by atoms with Gasteiger partial charge in [-0.25, -0.2) is 18.4 Å². The van der Waals surface area contributed by atoms with Crippen LogP contribution >= 0.6 is 0 Å². The molecule has 2 heterocycles. The van der Waals surface area contributed by atoms with Gasteiger partial charge >= 0.3 is 0 Å². The van der Waals surface area contributed by atoms with Crippen molar-refractivity contribution in [2.75, 3.05) is 5.73 Å². The summed E-state index contributed by atoms with van der Waals surface area (Å²) in [4.78, 5) is 8.53. The highest BCUT2D eigenvalue weighted by Crippen LogP contribution is 2.35. The Morgan fingerprint density at radius 1 is 0.889 bits per heavy atom. The molecule has 0 aliphatic carbocycles. The first-order valence-electron chi connectivity index (χ1n) is 11.3. The Morgan fingerprint density at radius 2 is 1.58 bits per heavy atom. The third kappa shape index (κ3) is 5.38. The van der Waals surface area contributed by atoms with Gasteiger partial charge in [-0.1, -0.05) is 48.0 Å². The Hall–Kier alpha value is -3.79. The number of pyridine rings is 2. The van der Waals surface area contributed by atoms with Crippen LogP contribution in [0.25, 0.3) is 11.3 Å². The van der Waals surface area contributed by atoms with Crippen molar-refractivity contribution in [3.63, 3.8) is 0 Å². The zero-order valence-electron chi connectivity index (χ0n) is 20.5. The van der Waals surface area contributed by atoms with E-state index in [9.17, 15) is 13.5 Å². The molecule has 4 rings (SSSR count). The molecule has 4 N–H and O–H groups in total. The minimum Gasteiger partial charge on any atom is -0.438 e. The Kier molecular flexibility index (Phi) is 7.07. The number of aliphatic hydroxyl groups excluding tert-OH is 1. The van der Waals surface area contributed by atoms with Crippen molar-refractivity contribution < 1.29 is 18.3 Å². The second-order valence-electron chi connectivity index (χ2n) is 8.66. The molecule has 186 valence electrons. The van der Waals surface area contributed by atoms with Gasteiger partial charge in [-0.3, -0.25) is 0 Å². The van der Waals surface area contributed by atoms with Gasteiger partial charge in [-0.15, -0.1) is 0 Å². The van der Waals surface area contributed by atoms with Crippen molar-refractivity contribution in [1.29, 1.82) is 0 Å². The minimum absolute atomic E-state index is 0.0472. The van der Waals surface area contributed by atoms with Crippen LogP contribution in [0.3, 0.4) is 0 Å². The molecule has 0 aliphatic rings. The number of hydrogen-bond donors (Lipinski definition) is 3. The van der Waals surface area contributed by atoms with Crippen LogP contribution in [-0.4, -0.2) is 23.5 Å². The van der Waals surface area contributed by atoms with Crippen molar-refractivity contribution in [3.8, 4) is 22.9 Å². The average Bonchev–Trinajstić information content (AvgIpc) is 2.81. The number of nitrogens with two attached hydrogens (primary N) is 1. The van der Waals surface area contributed by atoms with Gasteiger partial charge in [0.05, 0.1) is 11.3 Å². The summed E-state index contributed by atoms with van der Waals surface area (Å²) >= 11 is 0. The normalized spacial score (nSPS) is 12.4. The zero-order valence-corrected chi connectivity index (χ0v) is 21.3. The highest BCUT2D eigenvalue weighted by atomic mass is 32.2. The molecule has 0 spiro atoms. The highest BCUT2D eigenvalue weighted by molar-refractivity contribution is 7.89. The third-order valence-electron chi connectivity index (χ3n) is 5.70. The Labute approximate surface area is 210 Å². The first-order valence-corrected chi connectivity index (χ1v) is 12.8. The van der Waals surface area contributed by atoms with Crippen LogP contribution in [0.5, 0.6) is 11.6 Å². The second kappa shape index (κ2) is 10.1. The molecule has 36 heavy (non-hydrogen) atoms. The fourth-order valence-corrected chi connectivity index (χ4v) is 5.05. The topological polar surface area (TPSA) is 127 Å². The monoisotopic (exact) mass is 504 g/mol. The van der Waals surface area contributed by atoms with Crippen LogP contribution in [0.1, 0.15) is 34.0 Å². The van der Waals surface area contributed by atoms with Gasteiger partial charge in [0, 0.05) is 5.56 Å². The van der Waals surface area contributed by atoms with Crippen LogP contribution in [0.4, 0.5) is 5.82 Å². The van der Waals surface area contributed by atoms with Gasteiger partial charge in [0.1, 0.15) is 17.8 Å². The quantitative estimate of drug-likeness (QED) is 0.311. The van der Waals surface area contributed by atoms with Gasteiger partial charge in [-0.2, -0.15) is 4.72 Å². The number of aliphatic hydroxyl groups is 1. The van der Waals surface area contributed by atoms with Crippen LogP contribution in [0, 0.1) is 27.7 Å². The number of nitrogens with one attached hydrogen (secondary N) is 1. The van der Waals surface area contributed by atoms with Crippen LogP contribution < -0.4 is 15.2 Å². The molecule has 9 heteroatoms. The summed E-state index contributed by atoms with van der Waals surface area (Å²) < 4.78 is 34.2. The Balaban J connectivity index is 1.78. The van der Waals surface area contributed by atoms with Crippen LogP contribution in [0.2, 0.25) is 0 Å². The molecule has 0 saturated heterocycles. The number of aromatic nitrogens is 2. The van der Waals surface area contributed by atoms with Gasteiger partial charge in [0.15, 0.2) is 5.03 Å². The molecular formula is C27H28N4O4S. The van der Waals surface area contributed by atoms with Crippen molar-refractivity contribution in [2.24, 2.45) is 0 Å². The van der Waals surface area contributed by atoms with E-state index >= 15 is 0 Å². The fraction of sp³-hybridized carbons (Fsp3) is 0.185. The molecule has 0 fully saturated rings. The smallest absolute Gasteiger partial charge is 0.260 e. The Morgan fingerprint density at radius 3 is 2.25 bits per heavy atom. The van der Waals surface area contributed by atoms with E-state index in [2.05, 4.69) is 14.7 Å². The third-order valence-corrected chi connectivity index (χ3v) is 7.01. The zero-order chi connectivity index (χ0) is 26.0. The molecule has 0 bridgehead atoms. The van der Waals surface area contributed by atoms with E-state index in [-0.39, 0.29) is 22.3 Å². The summed E-state index contributed by atoms with van der Waals surface area (Å²) in [6, 6.07) is 19.3. The molecule has 2 aromatic heterocycles. The number of hydrogen-bond acceptors (Lipinski definition) is 7. The maximum absolute atomic E-state index is 12.9. The van der Waals surface area contributed by atoms with E-state index in [0.717, 1.165) is 27.8 Å². The lowest BCUT2D eigenvalue weighted by atomic mass is 10.0. The SMILES string of the molecule is Cc1cc(C)c(Oc2nc(-c3ccccc3C)ccc2C(O)NS(=O)(=O)c2cccc(N)n2)c(C)c1. The largest absolute Gasteiger partial charge is 0.438 e. The molecule has 0 amide bonds. The van der Waals surface area contributed by atoms with Gasteiger partial charge in [0.25, 0.3) is 10.0 Å². The molecule has 0 aliphatic heterocycles. The van der Waals surface area contributed by atoms with E-state index in [4.69, 9.17) is 10.5 Å². The maximum atomic E-state index is 12.9. The van der Waals surface area contributed by atoms with Crippen LogP contribution in [0.15, 0.2) is 71.8 Å². The van der Waals surface area contributed by atoms with Crippen molar-refractivity contribution >= 4 is 15.8 Å².